The van der Waals surface area contributed by atoms with Crippen molar-refractivity contribution in [3.8, 4) is 0 Å². The van der Waals surface area contributed by atoms with Gasteiger partial charge in [0.15, 0.2) is 5.40 Å². The second kappa shape index (κ2) is 18.8. The Labute approximate surface area is 186 Å². The molecule has 30 heavy (non-hydrogen) atoms. The van der Waals surface area contributed by atoms with E-state index in [0.717, 1.165) is 70.6 Å². The van der Waals surface area contributed by atoms with Gasteiger partial charge in [0.2, 0.25) is 0 Å². The minimum atomic E-state index is -3.66. The van der Waals surface area contributed by atoms with E-state index in [1.165, 1.54) is 0 Å². The first-order chi connectivity index (χ1) is 14.4. The summed E-state index contributed by atoms with van der Waals surface area (Å²) in [7, 11) is -7.32. The second-order valence-corrected chi connectivity index (χ2v) is 12.6. The van der Waals surface area contributed by atoms with Gasteiger partial charge in [-0.05, 0) is 32.1 Å². The molecular weight excluding hydrogens is 422 g/mol. The molecule has 182 valence electrons. The summed E-state index contributed by atoms with van der Waals surface area (Å²) in [6, 6.07) is 0. The van der Waals surface area contributed by atoms with E-state index in [-0.39, 0.29) is 0 Å². The number of hydrogen-bond acceptors (Lipinski definition) is 6. The van der Waals surface area contributed by atoms with Gasteiger partial charge < -0.3 is 18.1 Å². The Morgan fingerprint density at radius 1 is 0.500 bits per heavy atom. The van der Waals surface area contributed by atoms with Crippen molar-refractivity contribution in [2.45, 2.75) is 117 Å². The molecule has 0 bridgehead atoms. The lowest BCUT2D eigenvalue weighted by Gasteiger charge is -2.32. The van der Waals surface area contributed by atoms with Crippen LogP contribution in [0.1, 0.15) is 112 Å². The molecule has 0 aromatic heterocycles. The van der Waals surface area contributed by atoms with Crippen molar-refractivity contribution >= 4 is 15.2 Å². The Morgan fingerprint density at radius 3 is 1.07 bits per heavy atom. The van der Waals surface area contributed by atoms with Gasteiger partial charge in [-0.2, -0.15) is 0 Å². The third kappa shape index (κ3) is 12.4. The summed E-state index contributed by atoms with van der Waals surface area (Å²) < 4.78 is 51.5. The Balaban J connectivity index is 5.81. The van der Waals surface area contributed by atoms with Crippen LogP contribution in [-0.4, -0.2) is 31.8 Å². The predicted molar refractivity (Wildman–Crippen MR) is 127 cm³/mol. The summed E-state index contributed by atoms with van der Waals surface area (Å²) in [5.41, 5.74) is 0. The monoisotopic (exact) mass is 470 g/mol. The maximum Gasteiger partial charge on any atom is 0.345 e. The predicted octanol–water partition coefficient (Wildman–Crippen LogP) is 8.55. The average Bonchev–Trinajstić information content (AvgIpc) is 2.72. The largest absolute Gasteiger partial charge is 0.345 e. The molecule has 0 heterocycles. The van der Waals surface area contributed by atoms with Gasteiger partial charge in [0.1, 0.15) is 0 Å². The molecule has 8 heteroatoms. The molecule has 0 fully saturated rings. The maximum atomic E-state index is 14.0. The highest BCUT2D eigenvalue weighted by molar-refractivity contribution is 7.72. The quantitative estimate of drug-likeness (QED) is 0.117. The van der Waals surface area contributed by atoms with Gasteiger partial charge in [0.05, 0.1) is 26.4 Å². The highest BCUT2D eigenvalue weighted by Crippen LogP contribution is 2.72. The molecule has 0 aliphatic heterocycles. The van der Waals surface area contributed by atoms with Crippen LogP contribution < -0.4 is 0 Å². The van der Waals surface area contributed by atoms with Crippen molar-refractivity contribution in [3.05, 3.63) is 0 Å². The van der Waals surface area contributed by atoms with E-state index >= 15 is 0 Å². The standard InChI is InChI=1S/C22H48O6P2/c1-6-11-16-17-22(29(23,25-18-12-7-2)26-19-13-8-3)30(24,27-20-14-9-4)28-21-15-10-5/h22H,6-21H2,1-5H3. The minimum absolute atomic E-state index is 0.327. The highest BCUT2D eigenvalue weighted by atomic mass is 31.2. The smallest absolute Gasteiger partial charge is 0.308 e. The lowest BCUT2D eigenvalue weighted by molar-refractivity contribution is 0.175. The molecule has 0 spiro atoms. The fraction of sp³-hybridized carbons (Fsp3) is 1.00. The number of unbranched alkanes of at least 4 members (excludes halogenated alkanes) is 6. The Hall–Kier alpha value is 0.300. The van der Waals surface area contributed by atoms with Gasteiger partial charge in [-0.1, -0.05) is 79.6 Å². The molecular formula is C22H48O6P2. The first-order valence-electron chi connectivity index (χ1n) is 12.2. The van der Waals surface area contributed by atoms with Crippen LogP contribution in [-0.2, 0) is 27.2 Å². The molecule has 0 aromatic carbocycles. The SMILES string of the molecule is CCCCCC(P(=O)(OCCCC)OCCCC)P(=O)(OCCCC)OCCCC. The Bertz CT molecular complexity index is 420. The van der Waals surface area contributed by atoms with E-state index in [1.54, 1.807) is 0 Å². The van der Waals surface area contributed by atoms with Crippen LogP contribution in [0.25, 0.3) is 0 Å². The zero-order valence-electron chi connectivity index (χ0n) is 20.2. The second-order valence-electron chi connectivity index (χ2n) is 7.80. The first kappa shape index (κ1) is 30.3. The maximum absolute atomic E-state index is 14.0. The fourth-order valence-electron chi connectivity index (χ4n) is 2.83. The topological polar surface area (TPSA) is 71.1 Å². The first-order valence-corrected chi connectivity index (χ1v) is 15.4. The molecule has 0 unspecified atom stereocenters. The van der Waals surface area contributed by atoms with E-state index < -0.39 is 20.6 Å². The van der Waals surface area contributed by atoms with Crippen LogP contribution in [0.5, 0.6) is 0 Å². The van der Waals surface area contributed by atoms with Gasteiger partial charge >= 0.3 is 15.2 Å². The molecule has 0 atom stereocenters. The molecule has 6 nitrogen and oxygen atoms in total. The van der Waals surface area contributed by atoms with Crippen LogP contribution in [0.15, 0.2) is 0 Å². The van der Waals surface area contributed by atoms with E-state index in [4.69, 9.17) is 18.1 Å². The average molecular weight is 471 g/mol. The van der Waals surface area contributed by atoms with Gasteiger partial charge in [0.25, 0.3) is 0 Å². The Morgan fingerprint density at radius 2 is 0.800 bits per heavy atom. The molecule has 0 aromatic rings. The van der Waals surface area contributed by atoms with Crippen molar-refractivity contribution in [1.29, 1.82) is 0 Å². The van der Waals surface area contributed by atoms with E-state index in [2.05, 4.69) is 34.6 Å². The molecule has 0 aliphatic carbocycles. The summed E-state index contributed by atoms with van der Waals surface area (Å²) >= 11 is 0. The van der Waals surface area contributed by atoms with E-state index in [9.17, 15) is 9.13 Å². The third-order valence-corrected chi connectivity index (χ3v) is 10.7. The molecule has 0 saturated heterocycles. The van der Waals surface area contributed by atoms with E-state index in [0.29, 0.717) is 32.8 Å². The van der Waals surface area contributed by atoms with Crippen LogP contribution in [0.4, 0.5) is 0 Å². The molecule has 0 rings (SSSR count). The molecule has 0 radical (unpaired) electrons. The van der Waals surface area contributed by atoms with Crippen molar-refractivity contribution in [2.75, 3.05) is 26.4 Å². The fourth-order valence-corrected chi connectivity index (χ4v) is 8.38. The van der Waals surface area contributed by atoms with Gasteiger partial charge in [-0.25, -0.2) is 0 Å². The minimum Gasteiger partial charge on any atom is -0.308 e. The summed E-state index contributed by atoms with van der Waals surface area (Å²) in [4.78, 5) is 0. The van der Waals surface area contributed by atoms with E-state index in [1.807, 2.05) is 0 Å². The van der Waals surface area contributed by atoms with Crippen LogP contribution in [0.3, 0.4) is 0 Å². The molecule has 0 N–H and O–H groups in total. The number of rotatable bonds is 22. The van der Waals surface area contributed by atoms with Gasteiger partial charge in [-0.15, -0.1) is 0 Å². The summed E-state index contributed by atoms with van der Waals surface area (Å²) in [6.45, 7) is 11.6. The van der Waals surface area contributed by atoms with Crippen LogP contribution >= 0.6 is 15.2 Å². The number of hydrogen-bond donors (Lipinski definition) is 0. The molecule has 0 amide bonds. The highest BCUT2D eigenvalue weighted by Gasteiger charge is 2.50. The van der Waals surface area contributed by atoms with Gasteiger partial charge in [0, 0.05) is 0 Å². The van der Waals surface area contributed by atoms with Crippen molar-refractivity contribution in [3.63, 3.8) is 0 Å². The van der Waals surface area contributed by atoms with Crippen LogP contribution in [0, 0.1) is 0 Å². The van der Waals surface area contributed by atoms with Crippen LogP contribution in [0.2, 0.25) is 0 Å². The van der Waals surface area contributed by atoms with Crippen molar-refractivity contribution < 1.29 is 27.2 Å². The Kier molecular flexibility index (Phi) is 19.0. The lowest BCUT2D eigenvalue weighted by atomic mass is 10.2. The third-order valence-electron chi connectivity index (χ3n) is 4.87. The molecule has 0 saturated carbocycles. The summed E-state index contributed by atoms with van der Waals surface area (Å²) in [5.74, 6) is 0. The zero-order valence-corrected chi connectivity index (χ0v) is 22.0. The van der Waals surface area contributed by atoms with Crippen molar-refractivity contribution in [2.24, 2.45) is 0 Å². The van der Waals surface area contributed by atoms with Crippen molar-refractivity contribution in [1.82, 2.24) is 0 Å². The lowest BCUT2D eigenvalue weighted by Crippen LogP contribution is -2.19. The zero-order chi connectivity index (χ0) is 22.7. The molecule has 0 aliphatic rings. The normalized spacial score (nSPS) is 12.7. The summed E-state index contributed by atoms with van der Waals surface area (Å²) in [5, 5.41) is -0.862. The summed E-state index contributed by atoms with van der Waals surface area (Å²) in [6.07, 6.45) is 10.0. The van der Waals surface area contributed by atoms with Gasteiger partial charge in [-0.3, -0.25) is 9.13 Å².